The molecular formula is C18H26ClN5O. The van der Waals surface area contributed by atoms with Crippen LogP contribution in [0, 0.1) is 0 Å². The average Bonchev–Trinajstić information content (AvgIpc) is 2.93. The SMILES string of the molecule is CN1CCN(C)[C@@H](Cc2nc(Cc3cccc(Cl)c3)nn2CCO)C1. The number of piperazine rings is 1. The molecule has 1 aliphatic heterocycles. The van der Waals surface area contributed by atoms with Crippen molar-refractivity contribution in [1.29, 1.82) is 0 Å². The highest BCUT2D eigenvalue weighted by Crippen LogP contribution is 2.16. The predicted octanol–water partition coefficient (Wildman–Crippen LogP) is 1.30. The molecule has 0 spiro atoms. The molecule has 0 saturated carbocycles. The first-order chi connectivity index (χ1) is 12.0. The molecule has 1 aromatic carbocycles. The molecule has 1 atom stereocenters. The van der Waals surface area contributed by atoms with Crippen molar-refractivity contribution >= 4 is 11.6 Å². The summed E-state index contributed by atoms with van der Waals surface area (Å²) in [5, 5.41) is 14.7. The minimum absolute atomic E-state index is 0.0629. The van der Waals surface area contributed by atoms with Gasteiger partial charge < -0.3 is 14.9 Å². The topological polar surface area (TPSA) is 57.4 Å². The molecule has 0 radical (unpaired) electrons. The van der Waals surface area contributed by atoms with Crippen molar-refractivity contribution in [2.24, 2.45) is 0 Å². The van der Waals surface area contributed by atoms with Crippen LogP contribution < -0.4 is 0 Å². The summed E-state index contributed by atoms with van der Waals surface area (Å²) in [4.78, 5) is 9.49. The zero-order valence-electron chi connectivity index (χ0n) is 14.9. The maximum absolute atomic E-state index is 9.35. The van der Waals surface area contributed by atoms with Crippen LogP contribution in [0.4, 0.5) is 0 Å². The second kappa shape index (κ2) is 8.27. The highest BCUT2D eigenvalue weighted by Gasteiger charge is 2.24. The minimum Gasteiger partial charge on any atom is -0.394 e. The Morgan fingerprint density at radius 1 is 1.28 bits per heavy atom. The number of halogens is 1. The Morgan fingerprint density at radius 2 is 2.12 bits per heavy atom. The van der Waals surface area contributed by atoms with Crippen molar-refractivity contribution in [2.75, 3.05) is 40.3 Å². The number of aliphatic hydroxyl groups excluding tert-OH is 1. The molecule has 136 valence electrons. The van der Waals surface area contributed by atoms with Crippen molar-refractivity contribution in [3.05, 3.63) is 46.5 Å². The van der Waals surface area contributed by atoms with Gasteiger partial charge in [-0.05, 0) is 31.8 Å². The van der Waals surface area contributed by atoms with Crippen LogP contribution in [-0.4, -0.2) is 76.0 Å². The molecule has 1 aromatic heterocycles. The molecule has 1 N–H and O–H groups in total. The Bertz CT molecular complexity index is 705. The molecule has 7 heteroatoms. The van der Waals surface area contributed by atoms with Crippen LogP contribution in [-0.2, 0) is 19.4 Å². The predicted molar refractivity (Wildman–Crippen MR) is 99.0 cm³/mol. The first kappa shape index (κ1) is 18.3. The maximum atomic E-state index is 9.35. The van der Waals surface area contributed by atoms with Gasteiger partial charge in [-0.15, -0.1) is 0 Å². The molecule has 0 amide bonds. The lowest BCUT2D eigenvalue weighted by molar-refractivity contribution is 0.112. The van der Waals surface area contributed by atoms with Crippen LogP contribution in [0.5, 0.6) is 0 Å². The molecule has 0 aliphatic carbocycles. The van der Waals surface area contributed by atoms with Crippen molar-refractivity contribution in [3.8, 4) is 0 Å². The fourth-order valence-electron chi connectivity index (χ4n) is 3.29. The van der Waals surface area contributed by atoms with Gasteiger partial charge in [0.15, 0.2) is 5.82 Å². The van der Waals surface area contributed by atoms with Gasteiger partial charge in [-0.25, -0.2) is 9.67 Å². The second-order valence-electron chi connectivity index (χ2n) is 6.80. The molecule has 25 heavy (non-hydrogen) atoms. The van der Waals surface area contributed by atoms with E-state index in [1.165, 1.54) is 0 Å². The van der Waals surface area contributed by atoms with Crippen LogP contribution in [0.25, 0.3) is 0 Å². The lowest BCUT2D eigenvalue weighted by Crippen LogP contribution is -2.51. The van der Waals surface area contributed by atoms with Gasteiger partial charge in [0.05, 0.1) is 13.2 Å². The molecule has 1 fully saturated rings. The first-order valence-electron chi connectivity index (χ1n) is 8.72. The van der Waals surface area contributed by atoms with E-state index in [2.05, 4.69) is 29.0 Å². The van der Waals surface area contributed by atoms with Gasteiger partial charge in [0, 0.05) is 43.5 Å². The zero-order chi connectivity index (χ0) is 17.8. The van der Waals surface area contributed by atoms with Crippen LogP contribution in [0.2, 0.25) is 5.02 Å². The largest absolute Gasteiger partial charge is 0.394 e. The van der Waals surface area contributed by atoms with Crippen LogP contribution in [0.15, 0.2) is 24.3 Å². The van der Waals surface area contributed by atoms with Crippen molar-refractivity contribution in [1.82, 2.24) is 24.6 Å². The van der Waals surface area contributed by atoms with Crippen LogP contribution in [0.3, 0.4) is 0 Å². The van der Waals surface area contributed by atoms with Crippen molar-refractivity contribution in [2.45, 2.75) is 25.4 Å². The number of hydrogen-bond acceptors (Lipinski definition) is 5. The smallest absolute Gasteiger partial charge is 0.155 e. The number of hydrogen-bond donors (Lipinski definition) is 1. The third kappa shape index (κ3) is 4.79. The molecule has 1 saturated heterocycles. The lowest BCUT2D eigenvalue weighted by atomic mass is 10.1. The molecular weight excluding hydrogens is 338 g/mol. The summed E-state index contributed by atoms with van der Waals surface area (Å²) >= 11 is 6.07. The van der Waals surface area contributed by atoms with E-state index in [4.69, 9.17) is 16.6 Å². The Labute approximate surface area is 154 Å². The third-order valence-electron chi connectivity index (χ3n) is 4.75. The monoisotopic (exact) mass is 363 g/mol. The van der Waals surface area contributed by atoms with Gasteiger partial charge in [-0.3, -0.25) is 0 Å². The maximum Gasteiger partial charge on any atom is 0.155 e. The lowest BCUT2D eigenvalue weighted by Gasteiger charge is -2.37. The second-order valence-corrected chi connectivity index (χ2v) is 7.23. The first-order valence-corrected chi connectivity index (χ1v) is 9.09. The molecule has 3 rings (SSSR count). The fraction of sp³-hybridized carbons (Fsp3) is 0.556. The van der Waals surface area contributed by atoms with Crippen LogP contribution in [0.1, 0.15) is 17.2 Å². The summed E-state index contributed by atoms with van der Waals surface area (Å²) in [6, 6.07) is 8.19. The highest BCUT2D eigenvalue weighted by atomic mass is 35.5. The summed E-state index contributed by atoms with van der Waals surface area (Å²) in [5.41, 5.74) is 1.09. The average molecular weight is 364 g/mol. The van der Waals surface area contributed by atoms with E-state index < -0.39 is 0 Å². The summed E-state index contributed by atoms with van der Waals surface area (Å²) in [5.74, 6) is 1.72. The highest BCUT2D eigenvalue weighted by molar-refractivity contribution is 6.30. The van der Waals surface area contributed by atoms with Gasteiger partial charge in [-0.1, -0.05) is 23.7 Å². The van der Waals surface area contributed by atoms with Crippen LogP contribution >= 0.6 is 11.6 Å². The Morgan fingerprint density at radius 3 is 2.88 bits per heavy atom. The molecule has 6 nitrogen and oxygen atoms in total. The Kier molecular flexibility index (Phi) is 6.06. The number of likely N-dealkylation sites (N-methyl/N-ethyl adjacent to an activating group) is 2. The Hall–Kier alpha value is -1.47. The summed E-state index contributed by atoms with van der Waals surface area (Å²) in [6.07, 6.45) is 1.48. The molecule has 0 unspecified atom stereocenters. The van der Waals surface area contributed by atoms with E-state index in [0.717, 1.165) is 48.3 Å². The summed E-state index contributed by atoms with van der Waals surface area (Å²) < 4.78 is 1.85. The van der Waals surface area contributed by atoms with Gasteiger partial charge >= 0.3 is 0 Å². The minimum atomic E-state index is 0.0629. The summed E-state index contributed by atoms with van der Waals surface area (Å²) in [7, 11) is 4.32. The van der Waals surface area contributed by atoms with E-state index in [0.29, 0.717) is 19.0 Å². The van der Waals surface area contributed by atoms with E-state index in [1.807, 2.05) is 28.9 Å². The van der Waals surface area contributed by atoms with Gasteiger partial charge in [0.2, 0.25) is 0 Å². The number of aliphatic hydroxyl groups is 1. The fourth-order valence-corrected chi connectivity index (χ4v) is 3.50. The molecule has 2 heterocycles. The van der Waals surface area contributed by atoms with Crippen molar-refractivity contribution < 1.29 is 5.11 Å². The molecule has 2 aromatic rings. The van der Waals surface area contributed by atoms with E-state index >= 15 is 0 Å². The summed E-state index contributed by atoms with van der Waals surface area (Å²) in [6.45, 7) is 3.71. The van der Waals surface area contributed by atoms with Gasteiger partial charge in [0.1, 0.15) is 5.82 Å². The number of aromatic nitrogens is 3. The molecule has 0 bridgehead atoms. The van der Waals surface area contributed by atoms with E-state index in [1.54, 1.807) is 0 Å². The van der Waals surface area contributed by atoms with E-state index in [9.17, 15) is 5.11 Å². The zero-order valence-corrected chi connectivity index (χ0v) is 15.7. The van der Waals surface area contributed by atoms with Gasteiger partial charge in [0.25, 0.3) is 0 Å². The number of benzene rings is 1. The molecule has 1 aliphatic rings. The third-order valence-corrected chi connectivity index (χ3v) is 4.99. The standard InChI is InChI=1S/C18H26ClN5O/c1-22-6-7-23(2)16(13-22)12-18-20-17(21-24(18)8-9-25)11-14-4-3-5-15(19)10-14/h3-5,10,16,25H,6-9,11-13H2,1-2H3/t16-/m0/s1. The number of rotatable bonds is 6. The van der Waals surface area contributed by atoms with Crippen molar-refractivity contribution in [3.63, 3.8) is 0 Å². The Balaban J connectivity index is 1.77. The van der Waals surface area contributed by atoms with Gasteiger partial charge in [-0.2, -0.15) is 5.10 Å². The normalized spacial score (nSPS) is 19.4. The van der Waals surface area contributed by atoms with E-state index in [-0.39, 0.29) is 6.61 Å². The number of nitrogens with zero attached hydrogens (tertiary/aromatic N) is 5. The quantitative estimate of drug-likeness (QED) is 0.838.